The number of fused-ring (bicyclic) bond motifs is 1. The number of ether oxygens (including phenoxy) is 2. The van der Waals surface area contributed by atoms with Crippen LogP contribution in [0.25, 0.3) is 0 Å². The van der Waals surface area contributed by atoms with E-state index >= 15 is 0 Å². The van der Waals surface area contributed by atoms with Crippen molar-refractivity contribution in [2.24, 2.45) is 0 Å². The summed E-state index contributed by atoms with van der Waals surface area (Å²) in [5, 5.41) is 19.6. The first-order chi connectivity index (χ1) is 19.0. The van der Waals surface area contributed by atoms with Crippen molar-refractivity contribution in [2.45, 2.75) is 56.5 Å². The molecule has 1 atom stereocenters. The summed E-state index contributed by atoms with van der Waals surface area (Å²) >= 11 is 5.98. The molecule has 2 amide bonds. The van der Waals surface area contributed by atoms with Crippen molar-refractivity contribution in [3.8, 4) is 5.75 Å². The molecule has 1 aliphatic carbocycles. The van der Waals surface area contributed by atoms with E-state index in [2.05, 4.69) is 16.0 Å². The Morgan fingerprint density at radius 2 is 1.80 bits per heavy atom. The molecule has 10 nitrogen and oxygen atoms in total. The fourth-order valence-corrected chi connectivity index (χ4v) is 4.98. The van der Waals surface area contributed by atoms with E-state index in [1.807, 2.05) is 0 Å². The number of rotatable bonds is 9. The predicted octanol–water partition coefficient (Wildman–Crippen LogP) is 4.24. The van der Waals surface area contributed by atoms with Crippen molar-refractivity contribution >= 4 is 34.8 Å². The molecule has 0 spiro atoms. The molecule has 1 heterocycles. The summed E-state index contributed by atoms with van der Waals surface area (Å²) in [6.07, 6.45) is -2.12. The Morgan fingerprint density at radius 1 is 1.07 bits per heavy atom. The maximum Gasteiger partial charge on any atom is 0.423 e. The van der Waals surface area contributed by atoms with Crippen LogP contribution in [0.2, 0.25) is 5.02 Å². The van der Waals surface area contributed by atoms with Gasteiger partial charge in [-0.3, -0.25) is 19.7 Å². The zero-order valence-corrected chi connectivity index (χ0v) is 22.0. The Balaban J connectivity index is 1.11. The van der Waals surface area contributed by atoms with E-state index in [0.717, 1.165) is 17.7 Å². The highest BCUT2D eigenvalue weighted by Gasteiger charge is 2.38. The average molecular weight is 585 g/mol. The molecular weight excluding hydrogens is 557 g/mol. The SMILES string of the molecule is O=C(NCCO[C@H]1CC[C@H](Nc2ccc([N+](=O)[O-])c(C(F)(F)F)c2)CC1)C(=O)NCC1Cc2cc(Cl)ccc2O1. The highest BCUT2D eigenvalue weighted by Crippen LogP contribution is 2.38. The van der Waals surface area contributed by atoms with E-state index in [1.54, 1.807) is 18.2 Å². The van der Waals surface area contributed by atoms with Gasteiger partial charge < -0.3 is 25.4 Å². The Bertz CT molecular complexity index is 1250. The van der Waals surface area contributed by atoms with Crippen LogP contribution in [0.15, 0.2) is 36.4 Å². The molecule has 2 aliphatic rings. The van der Waals surface area contributed by atoms with Gasteiger partial charge in [-0.2, -0.15) is 13.2 Å². The smallest absolute Gasteiger partial charge is 0.423 e. The molecule has 4 rings (SSSR count). The number of halogens is 4. The first-order valence-corrected chi connectivity index (χ1v) is 13.1. The van der Waals surface area contributed by atoms with E-state index in [1.165, 1.54) is 6.07 Å². The Labute approximate surface area is 232 Å². The zero-order chi connectivity index (χ0) is 28.9. The molecule has 1 saturated carbocycles. The molecule has 1 unspecified atom stereocenters. The second-order valence-corrected chi connectivity index (χ2v) is 10.1. The van der Waals surface area contributed by atoms with Crippen LogP contribution in [0.3, 0.4) is 0 Å². The molecule has 14 heteroatoms. The molecule has 3 N–H and O–H groups in total. The third-order valence-corrected chi connectivity index (χ3v) is 6.98. The summed E-state index contributed by atoms with van der Waals surface area (Å²) in [5.41, 5.74) is -1.17. The second kappa shape index (κ2) is 12.7. The van der Waals surface area contributed by atoms with Crippen molar-refractivity contribution in [2.75, 3.05) is 25.0 Å². The van der Waals surface area contributed by atoms with Crippen LogP contribution < -0.4 is 20.7 Å². The summed E-state index contributed by atoms with van der Waals surface area (Å²) in [6.45, 7) is 0.502. The predicted molar refractivity (Wildman–Crippen MR) is 139 cm³/mol. The molecule has 2 aromatic rings. The van der Waals surface area contributed by atoms with Crippen LogP contribution in [-0.2, 0) is 26.9 Å². The van der Waals surface area contributed by atoms with Crippen LogP contribution in [0.5, 0.6) is 5.75 Å². The maximum absolute atomic E-state index is 13.2. The van der Waals surface area contributed by atoms with Crippen LogP contribution in [0, 0.1) is 10.1 Å². The highest BCUT2D eigenvalue weighted by atomic mass is 35.5. The lowest BCUT2D eigenvalue weighted by Crippen LogP contribution is -2.44. The molecule has 40 heavy (non-hydrogen) atoms. The lowest BCUT2D eigenvalue weighted by molar-refractivity contribution is -0.388. The third kappa shape index (κ3) is 7.75. The molecule has 0 radical (unpaired) electrons. The normalized spacial score (nSPS) is 20.2. The fraction of sp³-hybridized carbons (Fsp3) is 0.462. The summed E-state index contributed by atoms with van der Waals surface area (Å²) in [5.74, 6) is -0.850. The Morgan fingerprint density at radius 3 is 2.50 bits per heavy atom. The lowest BCUT2D eigenvalue weighted by Gasteiger charge is -2.30. The van der Waals surface area contributed by atoms with Crippen molar-refractivity contribution < 1.29 is 37.2 Å². The largest absolute Gasteiger partial charge is 0.488 e. The number of hydrogen-bond acceptors (Lipinski definition) is 7. The summed E-state index contributed by atoms with van der Waals surface area (Å²) in [6, 6.07) is 8.06. The second-order valence-electron chi connectivity index (χ2n) is 9.64. The van der Waals surface area contributed by atoms with Gasteiger partial charge in [0.25, 0.3) is 5.69 Å². The van der Waals surface area contributed by atoms with E-state index < -0.39 is 34.2 Å². The minimum atomic E-state index is -4.84. The van der Waals surface area contributed by atoms with Crippen molar-refractivity contribution in [3.05, 3.63) is 62.7 Å². The number of nitrogens with one attached hydrogen (secondary N) is 3. The third-order valence-electron chi connectivity index (χ3n) is 6.75. The summed E-state index contributed by atoms with van der Waals surface area (Å²) in [7, 11) is 0. The quantitative estimate of drug-likeness (QED) is 0.174. The number of hydrogen-bond donors (Lipinski definition) is 3. The zero-order valence-electron chi connectivity index (χ0n) is 21.3. The van der Waals surface area contributed by atoms with Gasteiger partial charge in [-0.25, -0.2) is 0 Å². The molecule has 0 saturated heterocycles. The number of anilines is 1. The van der Waals surface area contributed by atoms with Gasteiger partial charge in [0.05, 0.1) is 24.2 Å². The van der Waals surface area contributed by atoms with Crippen LogP contribution >= 0.6 is 11.6 Å². The van der Waals surface area contributed by atoms with Crippen LogP contribution in [0.4, 0.5) is 24.5 Å². The van der Waals surface area contributed by atoms with Gasteiger partial charge in [0, 0.05) is 35.8 Å². The average Bonchev–Trinajstić information content (AvgIpc) is 3.32. The number of nitro groups is 1. The molecular formula is C26H28ClF3N4O6. The number of alkyl halides is 3. The van der Waals surface area contributed by atoms with Crippen LogP contribution in [-0.4, -0.2) is 54.7 Å². The number of nitro benzene ring substituents is 1. The van der Waals surface area contributed by atoms with Crippen molar-refractivity contribution in [3.63, 3.8) is 0 Å². The highest BCUT2D eigenvalue weighted by molar-refractivity contribution is 6.35. The number of nitrogens with zero attached hydrogens (tertiary/aromatic N) is 1. The van der Waals surface area contributed by atoms with E-state index in [4.69, 9.17) is 21.1 Å². The standard InChI is InChI=1S/C26H28ClF3N4O6/c27-16-1-8-23-15(11-16)12-20(40-23)14-32-25(36)24(35)31-9-10-39-19-5-2-17(3-6-19)33-18-4-7-22(34(37)38)21(13-18)26(28,29)30/h1,4,7-8,11,13,17,19-20,33H,2-3,5-6,9-10,12,14H2,(H,31,35)(H,32,36)/t17-,19-,20?. The monoisotopic (exact) mass is 584 g/mol. The van der Waals surface area contributed by atoms with Crippen molar-refractivity contribution in [1.29, 1.82) is 0 Å². The number of carbonyl (C=O) groups excluding carboxylic acids is 2. The molecule has 0 bridgehead atoms. The Kier molecular flexibility index (Phi) is 9.36. The van der Waals surface area contributed by atoms with Gasteiger partial charge in [0.1, 0.15) is 17.4 Å². The topological polar surface area (TPSA) is 132 Å². The minimum absolute atomic E-state index is 0.0963. The van der Waals surface area contributed by atoms with Gasteiger partial charge in [-0.15, -0.1) is 0 Å². The number of carbonyl (C=O) groups is 2. The van der Waals surface area contributed by atoms with Gasteiger partial charge in [-0.1, -0.05) is 11.6 Å². The molecule has 2 aromatic carbocycles. The van der Waals surface area contributed by atoms with E-state index in [-0.39, 0.29) is 43.6 Å². The lowest BCUT2D eigenvalue weighted by atomic mass is 9.92. The van der Waals surface area contributed by atoms with E-state index in [0.29, 0.717) is 42.9 Å². The number of amides is 2. The first kappa shape index (κ1) is 29.4. The molecule has 1 fully saturated rings. The molecule has 0 aromatic heterocycles. The number of benzene rings is 2. The van der Waals surface area contributed by atoms with Gasteiger partial charge in [0.2, 0.25) is 0 Å². The van der Waals surface area contributed by atoms with Crippen molar-refractivity contribution in [1.82, 2.24) is 10.6 Å². The summed E-state index contributed by atoms with van der Waals surface area (Å²) in [4.78, 5) is 34.0. The van der Waals surface area contributed by atoms with E-state index in [9.17, 15) is 32.9 Å². The molecule has 216 valence electrons. The van der Waals surface area contributed by atoms with Gasteiger partial charge >= 0.3 is 18.0 Å². The van der Waals surface area contributed by atoms with Gasteiger partial charge in [0.15, 0.2) is 0 Å². The first-order valence-electron chi connectivity index (χ1n) is 12.7. The maximum atomic E-state index is 13.2. The van der Waals surface area contributed by atoms with Gasteiger partial charge in [-0.05, 0) is 61.6 Å². The molecule has 1 aliphatic heterocycles. The fourth-order valence-electron chi connectivity index (χ4n) is 4.78. The minimum Gasteiger partial charge on any atom is -0.488 e. The Hall–Kier alpha value is -3.58. The summed E-state index contributed by atoms with van der Waals surface area (Å²) < 4.78 is 51.2. The van der Waals surface area contributed by atoms with Crippen LogP contribution in [0.1, 0.15) is 36.8 Å².